The summed E-state index contributed by atoms with van der Waals surface area (Å²) in [6.45, 7) is 4.71. The average Bonchev–Trinajstić information content (AvgIpc) is 2.81. The van der Waals surface area contributed by atoms with E-state index >= 15 is 0 Å². The molecule has 2 aromatic rings. The van der Waals surface area contributed by atoms with Gasteiger partial charge in [0, 0.05) is 25.4 Å². The maximum atomic E-state index is 5.53. The van der Waals surface area contributed by atoms with Crippen molar-refractivity contribution in [3.05, 3.63) is 47.2 Å². The Kier molecular flexibility index (Phi) is 2.67. The number of aryl methyl sites for hydroxylation is 1. The molecule has 0 saturated heterocycles. The Hall–Kier alpha value is -1.68. The van der Waals surface area contributed by atoms with Crippen molar-refractivity contribution in [3.8, 4) is 0 Å². The summed E-state index contributed by atoms with van der Waals surface area (Å²) in [5.41, 5.74) is 3.42. The highest BCUT2D eigenvalue weighted by Crippen LogP contribution is 2.48. The van der Waals surface area contributed by atoms with Crippen molar-refractivity contribution >= 4 is 0 Å². The summed E-state index contributed by atoms with van der Waals surface area (Å²) in [7, 11) is 0. The lowest BCUT2D eigenvalue weighted by molar-refractivity contribution is 0.101. The van der Waals surface area contributed by atoms with Gasteiger partial charge in [0.2, 0.25) is 11.8 Å². The van der Waals surface area contributed by atoms with Crippen LogP contribution < -0.4 is 0 Å². The van der Waals surface area contributed by atoms with E-state index in [-0.39, 0.29) is 0 Å². The Morgan fingerprint density at radius 1 is 1.25 bits per heavy atom. The number of rotatable bonds is 2. The van der Waals surface area contributed by atoms with Gasteiger partial charge < -0.3 is 4.42 Å². The van der Waals surface area contributed by atoms with Gasteiger partial charge in [0.15, 0.2) is 0 Å². The Balaban J connectivity index is 1.62. The van der Waals surface area contributed by atoms with Crippen LogP contribution in [0.15, 0.2) is 28.7 Å². The van der Waals surface area contributed by atoms with Crippen LogP contribution in [-0.2, 0) is 18.5 Å². The van der Waals surface area contributed by atoms with Crippen LogP contribution in [0, 0.1) is 6.92 Å². The molecule has 0 unspecified atom stereocenters. The zero-order chi connectivity index (χ0) is 13.6. The van der Waals surface area contributed by atoms with Gasteiger partial charge in [0.25, 0.3) is 0 Å². The topological polar surface area (TPSA) is 42.2 Å². The first kappa shape index (κ1) is 12.1. The van der Waals surface area contributed by atoms with Crippen molar-refractivity contribution < 1.29 is 4.42 Å². The monoisotopic (exact) mass is 269 g/mol. The Labute approximate surface area is 118 Å². The maximum Gasteiger partial charge on any atom is 0.230 e. The molecule has 104 valence electrons. The Bertz CT molecular complexity index is 630. The minimum atomic E-state index is 0.379. The van der Waals surface area contributed by atoms with Crippen LogP contribution in [0.25, 0.3) is 0 Å². The lowest BCUT2D eigenvalue weighted by atomic mass is 9.61. The molecule has 0 bridgehead atoms. The molecule has 2 heterocycles. The summed E-state index contributed by atoms with van der Waals surface area (Å²) in [5, 5.41) is 8.05. The van der Waals surface area contributed by atoms with Crippen LogP contribution in [-0.4, -0.2) is 21.6 Å². The molecule has 1 aromatic carbocycles. The number of hydrogen-bond donors (Lipinski definition) is 0. The Morgan fingerprint density at radius 3 is 2.80 bits per heavy atom. The van der Waals surface area contributed by atoms with Gasteiger partial charge in [-0.2, -0.15) is 0 Å². The van der Waals surface area contributed by atoms with E-state index in [1.165, 1.54) is 24.8 Å². The molecule has 1 aliphatic heterocycles. The molecule has 1 saturated carbocycles. The number of aromatic nitrogens is 2. The summed E-state index contributed by atoms with van der Waals surface area (Å²) in [4.78, 5) is 2.45. The average molecular weight is 269 g/mol. The summed E-state index contributed by atoms with van der Waals surface area (Å²) < 4.78 is 5.53. The van der Waals surface area contributed by atoms with E-state index in [0.717, 1.165) is 25.5 Å². The van der Waals surface area contributed by atoms with Gasteiger partial charge in [-0.25, -0.2) is 0 Å². The molecule has 1 aromatic heterocycles. The molecule has 0 radical (unpaired) electrons. The van der Waals surface area contributed by atoms with E-state index < -0.39 is 0 Å². The van der Waals surface area contributed by atoms with Crippen LogP contribution in [0.3, 0.4) is 0 Å². The predicted molar refractivity (Wildman–Crippen MR) is 75.1 cm³/mol. The fourth-order valence-electron chi connectivity index (χ4n) is 3.72. The third kappa shape index (κ3) is 1.86. The molecule has 4 nitrogen and oxygen atoms in total. The smallest absolute Gasteiger partial charge is 0.230 e. The normalized spacial score (nSPS) is 20.6. The van der Waals surface area contributed by atoms with Crippen molar-refractivity contribution in [1.82, 2.24) is 15.1 Å². The molecule has 1 aliphatic carbocycles. The third-order valence-electron chi connectivity index (χ3n) is 4.75. The predicted octanol–water partition coefficient (Wildman–Crippen LogP) is 2.82. The van der Waals surface area contributed by atoms with Crippen molar-refractivity contribution in [2.75, 3.05) is 6.54 Å². The summed E-state index contributed by atoms with van der Waals surface area (Å²) in [5.74, 6) is 1.38. The van der Waals surface area contributed by atoms with Gasteiger partial charge in [-0.15, -0.1) is 10.2 Å². The summed E-state index contributed by atoms with van der Waals surface area (Å²) in [6.07, 6.45) is 3.97. The van der Waals surface area contributed by atoms with Crippen LogP contribution in [0.1, 0.15) is 42.2 Å². The molecule has 4 heteroatoms. The van der Waals surface area contributed by atoms with Crippen LogP contribution in [0.4, 0.5) is 0 Å². The van der Waals surface area contributed by atoms with E-state index in [1.807, 2.05) is 6.92 Å². The van der Waals surface area contributed by atoms with E-state index in [1.54, 1.807) is 5.56 Å². The van der Waals surface area contributed by atoms with Gasteiger partial charge in [-0.05, 0) is 24.0 Å². The van der Waals surface area contributed by atoms with Gasteiger partial charge in [-0.3, -0.25) is 4.90 Å². The summed E-state index contributed by atoms with van der Waals surface area (Å²) >= 11 is 0. The van der Waals surface area contributed by atoms with Gasteiger partial charge >= 0.3 is 0 Å². The highest BCUT2D eigenvalue weighted by molar-refractivity contribution is 5.38. The summed E-state index contributed by atoms with van der Waals surface area (Å²) in [6, 6.07) is 8.91. The highest BCUT2D eigenvalue weighted by atomic mass is 16.4. The molecule has 0 atom stereocenters. The molecule has 20 heavy (non-hydrogen) atoms. The first-order chi connectivity index (χ1) is 9.75. The van der Waals surface area contributed by atoms with Gasteiger partial charge in [0.1, 0.15) is 0 Å². The van der Waals surface area contributed by atoms with Gasteiger partial charge in [0.05, 0.1) is 6.54 Å². The molecule has 4 rings (SSSR count). The minimum absolute atomic E-state index is 0.379. The molecule has 1 fully saturated rings. The van der Waals surface area contributed by atoms with Crippen molar-refractivity contribution in [3.63, 3.8) is 0 Å². The fraction of sp³-hybridized carbons (Fsp3) is 0.500. The molecule has 0 amide bonds. The lowest BCUT2D eigenvalue weighted by Gasteiger charge is -2.49. The lowest BCUT2D eigenvalue weighted by Crippen LogP contribution is -2.49. The number of nitrogens with zero attached hydrogens (tertiary/aromatic N) is 3. The van der Waals surface area contributed by atoms with E-state index in [9.17, 15) is 0 Å². The van der Waals surface area contributed by atoms with Gasteiger partial charge in [-0.1, -0.05) is 30.7 Å². The van der Waals surface area contributed by atoms with E-state index in [2.05, 4.69) is 39.4 Å². The zero-order valence-corrected chi connectivity index (χ0v) is 11.8. The van der Waals surface area contributed by atoms with Crippen LogP contribution in [0.5, 0.6) is 0 Å². The first-order valence-corrected chi connectivity index (χ1v) is 7.35. The third-order valence-corrected chi connectivity index (χ3v) is 4.75. The van der Waals surface area contributed by atoms with E-state index in [4.69, 9.17) is 4.42 Å². The second-order valence-electron chi connectivity index (χ2n) is 6.15. The number of fused-ring (bicyclic) bond motifs is 2. The number of hydrogen-bond acceptors (Lipinski definition) is 4. The van der Waals surface area contributed by atoms with Crippen LogP contribution >= 0.6 is 0 Å². The minimum Gasteiger partial charge on any atom is -0.424 e. The van der Waals surface area contributed by atoms with Crippen molar-refractivity contribution in [1.29, 1.82) is 0 Å². The van der Waals surface area contributed by atoms with Crippen molar-refractivity contribution in [2.45, 2.75) is 44.7 Å². The fourth-order valence-corrected chi connectivity index (χ4v) is 3.72. The molecule has 1 spiro atoms. The highest BCUT2D eigenvalue weighted by Gasteiger charge is 2.44. The number of benzene rings is 1. The quantitative estimate of drug-likeness (QED) is 0.840. The SMILES string of the molecule is Cc1nnc(CN2Cc3ccccc3C3(CCC3)C2)o1. The Morgan fingerprint density at radius 2 is 2.10 bits per heavy atom. The van der Waals surface area contributed by atoms with E-state index in [0.29, 0.717) is 11.3 Å². The molecule has 2 aliphatic rings. The maximum absolute atomic E-state index is 5.53. The first-order valence-electron chi connectivity index (χ1n) is 7.35. The molecular weight excluding hydrogens is 250 g/mol. The zero-order valence-electron chi connectivity index (χ0n) is 11.8. The molecule has 0 N–H and O–H groups in total. The standard InChI is InChI=1S/C16H19N3O/c1-12-17-18-15(20-12)10-19-9-13-5-2-3-6-14(13)16(11-19)7-4-8-16/h2-3,5-6H,4,7-11H2,1H3. The molecular formula is C16H19N3O. The van der Waals surface area contributed by atoms with Crippen molar-refractivity contribution in [2.24, 2.45) is 0 Å². The van der Waals surface area contributed by atoms with Crippen LogP contribution in [0.2, 0.25) is 0 Å². The largest absolute Gasteiger partial charge is 0.424 e. The second-order valence-corrected chi connectivity index (χ2v) is 6.15. The second kappa shape index (κ2) is 4.42.